The number of carbonyl (C=O) groups is 1. The van der Waals surface area contributed by atoms with Gasteiger partial charge in [0.25, 0.3) is 5.91 Å². The van der Waals surface area contributed by atoms with E-state index in [0.717, 1.165) is 30.6 Å². The van der Waals surface area contributed by atoms with Crippen LogP contribution >= 0.6 is 24.0 Å². The van der Waals surface area contributed by atoms with Gasteiger partial charge in [0, 0.05) is 36.4 Å². The predicted octanol–water partition coefficient (Wildman–Crippen LogP) is 4.11. The number of nitrogens with zero attached hydrogens (tertiary/aromatic N) is 3. The number of benzene rings is 2. The Labute approximate surface area is 182 Å². The van der Waals surface area contributed by atoms with E-state index in [0.29, 0.717) is 22.8 Å². The summed E-state index contributed by atoms with van der Waals surface area (Å²) in [5.74, 6) is -0.00189. The zero-order chi connectivity index (χ0) is 19.5. The van der Waals surface area contributed by atoms with Crippen LogP contribution in [-0.2, 0) is 6.54 Å². The molecule has 1 fully saturated rings. The maximum Gasteiger partial charge on any atom is 0.257 e. The topological polar surface area (TPSA) is 50.2 Å². The van der Waals surface area contributed by atoms with Crippen molar-refractivity contribution in [2.24, 2.45) is 0 Å². The van der Waals surface area contributed by atoms with E-state index in [1.54, 1.807) is 0 Å². The number of rotatable bonds is 5. The average molecular weight is 431 g/mol. The summed E-state index contributed by atoms with van der Waals surface area (Å²) >= 11 is 6.04. The van der Waals surface area contributed by atoms with Crippen LogP contribution in [0.2, 0.25) is 5.02 Å². The molecule has 1 aliphatic heterocycles. The van der Waals surface area contributed by atoms with Crippen LogP contribution in [0.1, 0.15) is 22.3 Å². The predicted molar refractivity (Wildman–Crippen MR) is 119 cm³/mol. The molecule has 0 bridgehead atoms. The highest BCUT2D eigenvalue weighted by Gasteiger charge is 2.27. The number of amides is 1. The van der Waals surface area contributed by atoms with E-state index >= 15 is 0 Å². The minimum Gasteiger partial charge on any atom is -0.337 e. The normalized spacial score (nSPS) is 15.7. The lowest BCUT2D eigenvalue weighted by Crippen LogP contribution is -2.38. The molecule has 1 aromatic heterocycles. The van der Waals surface area contributed by atoms with Gasteiger partial charge < -0.3 is 10.2 Å². The molecule has 152 valence electrons. The summed E-state index contributed by atoms with van der Waals surface area (Å²) in [5, 5.41) is 8.73. The van der Waals surface area contributed by atoms with Crippen LogP contribution in [-0.4, -0.2) is 46.8 Å². The molecule has 4 rings (SSSR count). The fourth-order valence-electron chi connectivity index (χ4n) is 3.58. The number of aromatic nitrogens is 2. The van der Waals surface area contributed by atoms with Gasteiger partial charge in [-0.3, -0.25) is 9.48 Å². The molecule has 5 nitrogen and oxygen atoms in total. The van der Waals surface area contributed by atoms with Gasteiger partial charge in [0.05, 0.1) is 12.1 Å². The summed E-state index contributed by atoms with van der Waals surface area (Å²) in [7, 11) is 1.88. The van der Waals surface area contributed by atoms with E-state index in [-0.39, 0.29) is 24.4 Å². The Balaban J connectivity index is 0.00000240. The van der Waals surface area contributed by atoms with E-state index in [2.05, 4.69) is 17.4 Å². The van der Waals surface area contributed by atoms with Crippen molar-refractivity contribution >= 4 is 29.9 Å². The molecule has 1 atom stereocenters. The molecule has 0 aliphatic carbocycles. The molecular formula is C22H24Cl2N4O. The Morgan fingerprint density at radius 1 is 1.21 bits per heavy atom. The summed E-state index contributed by atoms with van der Waals surface area (Å²) in [4.78, 5) is 15.1. The number of hydrogen-bond acceptors (Lipinski definition) is 3. The van der Waals surface area contributed by atoms with Crippen molar-refractivity contribution < 1.29 is 4.79 Å². The Hall–Kier alpha value is -2.34. The Morgan fingerprint density at radius 2 is 1.93 bits per heavy atom. The van der Waals surface area contributed by atoms with Crippen LogP contribution in [0, 0.1) is 0 Å². The molecule has 29 heavy (non-hydrogen) atoms. The van der Waals surface area contributed by atoms with Gasteiger partial charge in [-0.25, -0.2) is 0 Å². The van der Waals surface area contributed by atoms with E-state index in [4.69, 9.17) is 16.7 Å². The van der Waals surface area contributed by atoms with Crippen LogP contribution in [0.4, 0.5) is 0 Å². The van der Waals surface area contributed by atoms with Crippen LogP contribution in [0.25, 0.3) is 11.3 Å². The maximum absolute atomic E-state index is 13.3. The lowest BCUT2D eigenvalue weighted by atomic mass is 10.1. The Bertz CT molecular complexity index is 951. The first kappa shape index (κ1) is 21.4. The highest BCUT2D eigenvalue weighted by Crippen LogP contribution is 2.26. The summed E-state index contributed by atoms with van der Waals surface area (Å²) in [6.07, 6.45) is 2.83. The first-order valence-corrected chi connectivity index (χ1v) is 9.85. The van der Waals surface area contributed by atoms with Gasteiger partial charge in [-0.1, -0.05) is 54.1 Å². The van der Waals surface area contributed by atoms with E-state index in [9.17, 15) is 4.79 Å². The third-order valence-corrected chi connectivity index (χ3v) is 5.45. The number of likely N-dealkylation sites (N-methyl/N-ethyl adjacent to an activating group) is 1. The lowest BCUT2D eigenvalue weighted by molar-refractivity contribution is 0.0744. The third-order valence-electron chi connectivity index (χ3n) is 5.20. The fraction of sp³-hybridized carbons (Fsp3) is 0.273. The smallest absolute Gasteiger partial charge is 0.257 e. The highest BCUT2D eigenvalue weighted by molar-refractivity contribution is 6.30. The molecule has 0 radical (unpaired) electrons. The minimum absolute atomic E-state index is 0. The van der Waals surface area contributed by atoms with E-state index < -0.39 is 0 Å². The molecule has 1 N–H and O–H groups in total. The summed E-state index contributed by atoms with van der Waals surface area (Å²) in [5.41, 5.74) is 3.33. The van der Waals surface area contributed by atoms with Crippen molar-refractivity contribution in [1.82, 2.24) is 20.0 Å². The third kappa shape index (κ3) is 4.81. The zero-order valence-electron chi connectivity index (χ0n) is 16.2. The second-order valence-corrected chi connectivity index (χ2v) is 7.58. The van der Waals surface area contributed by atoms with Crippen LogP contribution < -0.4 is 5.32 Å². The molecule has 0 saturated carbocycles. The van der Waals surface area contributed by atoms with Crippen molar-refractivity contribution in [1.29, 1.82) is 0 Å². The molecule has 1 saturated heterocycles. The second kappa shape index (κ2) is 9.44. The molecule has 1 unspecified atom stereocenters. The average Bonchev–Trinajstić information content (AvgIpc) is 3.38. The SMILES string of the molecule is CN(C(=O)c1cn(Cc2ccccc2)nc1-c1ccc(Cl)cc1)C1CCNC1.Cl. The van der Waals surface area contributed by atoms with Crippen molar-refractivity contribution in [3.05, 3.63) is 76.9 Å². The van der Waals surface area contributed by atoms with Crippen LogP contribution in [0.5, 0.6) is 0 Å². The summed E-state index contributed by atoms with van der Waals surface area (Å²) < 4.78 is 1.84. The number of hydrogen-bond donors (Lipinski definition) is 1. The monoisotopic (exact) mass is 430 g/mol. The summed E-state index contributed by atoms with van der Waals surface area (Å²) in [6, 6.07) is 17.8. The van der Waals surface area contributed by atoms with Gasteiger partial charge >= 0.3 is 0 Å². The van der Waals surface area contributed by atoms with Crippen LogP contribution in [0.15, 0.2) is 60.8 Å². The van der Waals surface area contributed by atoms with Crippen LogP contribution in [0.3, 0.4) is 0 Å². The highest BCUT2D eigenvalue weighted by atomic mass is 35.5. The Kier molecular flexibility index (Phi) is 6.96. The molecule has 1 amide bonds. The van der Waals surface area contributed by atoms with Gasteiger partial charge in [-0.05, 0) is 30.7 Å². The number of carbonyl (C=O) groups excluding carboxylic acids is 1. The van der Waals surface area contributed by atoms with Gasteiger partial charge in [0.2, 0.25) is 0 Å². The zero-order valence-corrected chi connectivity index (χ0v) is 17.8. The van der Waals surface area contributed by atoms with Crippen molar-refractivity contribution in [3.8, 4) is 11.3 Å². The summed E-state index contributed by atoms with van der Waals surface area (Å²) in [6.45, 7) is 2.39. The number of halogens is 2. The molecule has 7 heteroatoms. The molecule has 0 spiro atoms. The fourth-order valence-corrected chi connectivity index (χ4v) is 3.70. The van der Waals surface area contributed by atoms with E-state index in [1.807, 2.05) is 65.3 Å². The van der Waals surface area contributed by atoms with Crippen molar-refractivity contribution in [2.75, 3.05) is 20.1 Å². The molecule has 1 aliphatic rings. The van der Waals surface area contributed by atoms with Crippen molar-refractivity contribution in [3.63, 3.8) is 0 Å². The second-order valence-electron chi connectivity index (χ2n) is 7.14. The number of nitrogens with one attached hydrogen (secondary N) is 1. The van der Waals surface area contributed by atoms with Gasteiger partial charge in [0.1, 0.15) is 5.69 Å². The van der Waals surface area contributed by atoms with Gasteiger partial charge in [0.15, 0.2) is 0 Å². The van der Waals surface area contributed by atoms with Gasteiger partial charge in [-0.15, -0.1) is 12.4 Å². The maximum atomic E-state index is 13.3. The largest absolute Gasteiger partial charge is 0.337 e. The van der Waals surface area contributed by atoms with Crippen molar-refractivity contribution in [2.45, 2.75) is 19.0 Å². The lowest BCUT2D eigenvalue weighted by Gasteiger charge is -2.23. The molecule has 2 aromatic carbocycles. The quantitative estimate of drug-likeness (QED) is 0.662. The molecular weight excluding hydrogens is 407 g/mol. The molecule has 3 aromatic rings. The van der Waals surface area contributed by atoms with Gasteiger partial charge in [-0.2, -0.15) is 5.10 Å². The first-order valence-electron chi connectivity index (χ1n) is 9.47. The standard InChI is InChI=1S/C22H23ClN4O.ClH/c1-26(19-11-12-24-13-19)22(28)20-15-27(14-16-5-3-2-4-6-16)25-21(20)17-7-9-18(23)10-8-17;/h2-10,15,19,24H,11-14H2,1H3;1H. The molecule has 2 heterocycles. The minimum atomic E-state index is -0.00189. The first-order chi connectivity index (χ1) is 13.6. The Morgan fingerprint density at radius 3 is 2.59 bits per heavy atom. The van der Waals surface area contributed by atoms with E-state index in [1.165, 1.54) is 0 Å².